The van der Waals surface area contributed by atoms with Gasteiger partial charge in [-0.3, -0.25) is 0 Å². The number of aryl methyl sites for hydroxylation is 3. The van der Waals surface area contributed by atoms with Crippen LogP contribution in [0.4, 0.5) is 27.1 Å². The first kappa shape index (κ1) is 39.8. The van der Waals surface area contributed by atoms with Crippen molar-refractivity contribution >= 4 is 38.4 Å². The van der Waals surface area contributed by atoms with Crippen molar-refractivity contribution in [3.63, 3.8) is 0 Å². The Balaban J connectivity index is 0.000000333. The van der Waals surface area contributed by atoms with Crippen LogP contribution in [0.1, 0.15) is 127 Å². The van der Waals surface area contributed by atoms with Crippen LogP contribution in [0.15, 0.2) is 46.6 Å². The zero-order valence-corrected chi connectivity index (χ0v) is 31.5. The highest BCUT2D eigenvalue weighted by Gasteiger charge is 2.19. The van der Waals surface area contributed by atoms with Gasteiger partial charge < -0.3 is 16.4 Å². The van der Waals surface area contributed by atoms with Crippen LogP contribution in [0.25, 0.3) is 0 Å². The lowest BCUT2D eigenvalue weighted by Gasteiger charge is -2.34. The lowest BCUT2D eigenvalue weighted by Crippen LogP contribution is -2.34. The van der Waals surface area contributed by atoms with E-state index in [1.54, 1.807) is 0 Å². The van der Waals surface area contributed by atoms with E-state index in [4.69, 9.17) is 16.7 Å². The maximum absolute atomic E-state index is 9.00. The summed E-state index contributed by atoms with van der Waals surface area (Å²) in [6.07, 6.45) is 14.0. The number of azo groups is 1. The number of benzene rings is 2. The molecule has 0 radical (unpaired) electrons. The first-order chi connectivity index (χ1) is 22.6. The second kappa shape index (κ2) is 21.5. The molecule has 1 aromatic heterocycles. The van der Waals surface area contributed by atoms with Crippen LogP contribution in [-0.2, 0) is 6.42 Å². The maximum Gasteiger partial charge on any atom is 0.145 e. The van der Waals surface area contributed by atoms with Crippen LogP contribution < -0.4 is 16.4 Å². The van der Waals surface area contributed by atoms with Crippen LogP contribution in [0.5, 0.6) is 0 Å². The molecule has 47 heavy (non-hydrogen) atoms. The van der Waals surface area contributed by atoms with Gasteiger partial charge in [0.25, 0.3) is 0 Å². The van der Waals surface area contributed by atoms with Crippen LogP contribution in [0.2, 0.25) is 0 Å². The molecule has 6 nitrogen and oxygen atoms in total. The van der Waals surface area contributed by atoms with Crippen molar-refractivity contribution in [2.75, 3.05) is 29.5 Å². The summed E-state index contributed by atoms with van der Waals surface area (Å²) >= 11 is 1.29. The summed E-state index contributed by atoms with van der Waals surface area (Å²) < 4.78 is 0. The Kier molecular flexibility index (Phi) is 18.2. The average molecular weight is 659 g/mol. The Morgan fingerprint density at radius 1 is 0.787 bits per heavy atom. The maximum atomic E-state index is 9.00. The molecular formula is C40H62N6S. The SMILES string of the molecule is CCCCC(CC)CN(CC(CC)CCCC)c1cc(C)c(N)cc1C.CCCCc1ccc(N=Nc2sc(N)c(C#N)c2C)cc1. The largest absolute Gasteiger partial charge is 0.399 e. The molecule has 0 spiro atoms. The highest BCUT2D eigenvalue weighted by atomic mass is 32.1. The molecule has 2 unspecified atom stereocenters. The lowest BCUT2D eigenvalue weighted by molar-refractivity contribution is 0.403. The van der Waals surface area contributed by atoms with Crippen molar-refractivity contribution in [1.82, 2.24) is 0 Å². The van der Waals surface area contributed by atoms with Gasteiger partial charge in [0.2, 0.25) is 0 Å². The summed E-state index contributed by atoms with van der Waals surface area (Å²) in [5, 5.41) is 18.6. The van der Waals surface area contributed by atoms with Gasteiger partial charge in [-0.15, -0.1) is 10.2 Å². The standard InChI is InChI=1S/C24H44N2.C16H18N4S/c1-7-11-13-21(9-3)17-26(18-22(10-4)14-12-8-2)24-16-19(5)23(25)15-20(24)6;1-3-4-5-12-6-8-13(9-7-12)19-20-16-11(2)14(10-17)15(18)21-16/h15-16,21-22H,7-14,17-18,25H2,1-6H3;6-9H,3-5,18H2,1-2H3. The Labute approximate surface area is 290 Å². The van der Waals surface area contributed by atoms with E-state index in [2.05, 4.69) is 93.9 Å². The minimum atomic E-state index is 0.499. The number of nitriles is 1. The third-order valence-corrected chi connectivity index (χ3v) is 10.2. The van der Waals surface area contributed by atoms with Crippen LogP contribution in [0, 0.1) is 43.9 Å². The Bertz CT molecular complexity index is 1380. The smallest absolute Gasteiger partial charge is 0.145 e. The molecule has 0 saturated carbocycles. The van der Waals surface area contributed by atoms with Gasteiger partial charge in [0.15, 0.2) is 0 Å². The fourth-order valence-electron chi connectivity index (χ4n) is 5.86. The highest BCUT2D eigenvalue weighted by molar-refractivity contribution is 7.20. The van der Waals surface area contributed by atoms with E-state index < -0.39 is 0 Å². The monoisotopic (exact) mass is 658 g/mol. The summed E-state index contributed by atoms with van der Waals surface area (Å²) in [7, 11) is 0. The van der Waals surface area contributed by atoms with Gasteiger partial charge in [-0.2, -0.15) is 5.26 Å². The topological polar surface area (TPSA) is 104 Å². The molecule has 0 fully saturated rings. The van der Waals surface area contributed by atoms with Gasteiger partial charge in [-0.05, 0) is 99.2 Å². The molecule has 3 rings (SSSR count). The number of hydrogen-bond acceptors (Lipinski definition) is 7. The number of unbranched alkanes of at least 4 members (excludes halogenated alkanes) is 3. The van der Waals surface area contributed by atoms with Crippen molar-refractivity contribution in [2.45, 2.75) is 126 Å². The van der Waals surface area contributed by atoms with Gasteiger partial charge in [-0.25, -0.2) is 0 Å². The van der Waals surface area contributed by atoms with E-state index in [0.29, 0.717) is 15.6 Å². The van der Waals surface area contributed by atoms with Crippen molar-refractivity contribution < 1.29 is 0 Å². The van der Waals surface area contributed by atoms with Gasteiger partial charge in [0.05, 0.1) is 11.3 Å². The molecule has 0 saturated heterocycles. The van der Waals surface area contributed by atoms with E-state index in [1.165, 1.54) is 111 Å². The fourth-order valence-corrected chi connectivity index (χ4v) is 6.71. The highest BCUT2D eigenvalue weighted by Crippen LogP contribution is 2.37. The third kappa shape index (κ3) is 13.0. The number of nitrogens with two attached hydrogens (primary N) is 2. The van der Waals surface area contributed by atoms with Crippen LogP contribution >= 0.6 is 11.3 Å². The van der Waals surface area contributed by atoms with Gasteiger partial charge in [0, 0.05) is 30.0 Å². The molecular weight excluding hydrogens is 597 g/mol. The quantitative estimate of drug-likeness (QED) is 0.105. The molecule has 7 heteroatoms. The third-order valence-electron chi connectivity index (χ3n) is 9.24. The molecule has 0 amide bonds. The predicted octanol–water partition coefficient (Wildman–Crippen LogP) is 12.4. The molecule has 4 N–H and O–H groups in total. The number of anilines is 3. The lowest BCUT2D eigenvalue weighted by atomic mass is 9.94. The second-order valence-electron chi connectivity index (χ2n) is 13.1. The van der Waals surface area contributed by atoms with E-state index >= 15 is 0 Å². The van der Waals surface area contributed by atoms with Gasteiger partial charge in [-0.1, -0.05) is 103 Å². The molecule has 0 bridgehead atoms. The number of hydrogen-bond donors (Lipinski definition) is 2. The zero-order valence-electron chi connectivity index (χ0n) is 30.7. The Hall–Kier alpha value is -3.37. The minimum Gasteiger partial charge on any atom is -0.399 e. The minimum absolute atomic E-state index is 0.499. The number of nitrogens with zero attached hydrogens (tertiary/aromatic N) is 4. The first-order valence-electron chi connectivity index (χ1n) is 18.0. The molecule has 3 aromatic rings. The van der Waals surface area contributed by atoms with E-state index in [-0.39, 0.29) is 0 Å². The van der Waals surface area contributed by atoms with E-state index in [1.807, 2.05) is 19.1 Å². The van der Waals surface area contributed by atoms with Crippen molar-refractivity contribution in [2.24, 2.45) is 22.1 Å². The first-order valence-corrected chi connectivity index (χ1v) is 18.8. The molecule has 1 heterocycles. The van der Waals surface area contributed by atoms with Gasteiger partial charge in [0.1, 0.15) is 16.1 Å². The Morgan fingerprint density at radius 2 is 1.36 bits per heavy atom. The second-order valence-corrected chi connectivity index (χ2v) is 14.1. The zero-order chi connectivity index (χ0) is 34.8. The summed E-state index contributed by atoms with van der Waals surface area (Å²) in [5.74, 6) is 1.58. The predicted molar refractivity (Wildman–Crippen MR) is 207 cm³/mol. The van der Waals surface area contributed by atoms with Crippen molar-refractivity contribution in [3.8, 4) is 6.07 Å². The van der Waals surface area contributed by atoms with Crippen molar-refractivity contribution in [1.29, 1.82) is 5.26 Å². The molecule has 0 aliphatic carbocycles. The normalized spacial score (nSPS) is 12.4. The Morgan fingerprint density at radius 3 is 1.85 bits per heavy atom. The summed E-state index contributed by atoms with van der Waals surface area (Å²) in [4.78, 5) is 2.69. The van der Waals surface area contributed by atoms with Crippen LogP contribution in [0.3, 0.4) is 0 Å². The number of rotatable bonds is 18. The van der Waals surface area contributed by atoms with Crippen molar-refractivity contribution in [3.05, 3.63) is 64.2 Å². The van der Waals surface area contributed by atoms with Gasteiger partial charge >= 0.3 is 0 Å². The fraction of sp³-hybridized carbons (Fsp3) is 0.575. The summed E-state index contributed by atoms with van der Waals surface area (Å²) in [5.41, 5.74) is 20.2. The molecule has 258 valence electrons. The molecule has 2 atom stereocenters. The van der Waals surface area contributed by atoms with Crippen LogP contribution in [-0.4, -0.2) is 13.1 Å². The van der Waals surface area contributed by atoms with E-state index in [0.717, 1.165) is 35.2 Å². The number of nitrogen functional groups attached to an aromatic ring is 2. The number of thiophene rings is 1. The van der Waals surface area contributed by atoms with E-state index in [9.17, 15) is 0 Å². The average Bonchev–Trinajstić information content (AvgIpc) is 3.35. The molecule has 2 aromatic carbocycles. The summed E-state index contributed by atoms with van der Waals surface area (Å²) in [6, 6.07) is 14.7. The summed E-state index contributed by atoms with van der Waals surface area (Å²) in [6.45, 7) is 20.1. The molecule has 0 aliphatic heterocycles. The molecule has 0 aliphatic rings.